The standard InChI is InChI=1S/C19H22N4O2/c1-4-12(2)17(18-20-14-7-5-6-8-15(14)21-18)22-19(25)13-9-10-23(3)16(24)11-13/h5-12,17H,4H2,1-3H3,(H,20,21)(H,22,25)/t12-,17+/m0/s1. The average Bonchev–Trinajstić information content (AvgIpc) is 3.04. The number of nitrogens with zero attached hydrogens (tertiary/aromatic N) is 2. The number of aromatic nitrogens is 3. The van der Waals surface area contributed by atoms with Crippen molar-refractivity contribution in [3.8, 4) is 0 Å². The molecule has 0 saturated carbocycles. The SMILES string of the molecule is CC[C@H](C)[C@@H](NC(=O)c1ccn(C)c(=O)c1)c1nc2ccccc2[nH]1. The van der Waals surface area contributed by atoms with Crippen molar-refractivity contribution < 1.29 is 4.79 Å². The molecule has 130 valence electrons. The number of H-pyrrole nitrogens is 1. The molecule has 0 aliphatic rings. The van der Waals surface area contributed by atoms with Gasteiger partial charge in [0, 0.05) is 24.9 Å². The molecule has 0 aliphatic heterocycles. The molecule has 0 radical (unpaired) electrons. The van der Waals surface area contributed by atoms with E-state index in [-0.39, 0.29) is 23.4 Å². The van der Waals surface area contributed by atoms with Gasteiger partial charge in [-0.3, -0.25) is 9.59 Å². The Bertz CT molecular complexity index is 924. The van der Waals surface area contributed by atoms with Crippen LogP contribution in [0.25, 0.3) is 11.0 Å². The summed E-state index contributed by atoms with van der Waals surface area (Å²) in [4.78, 5) is 32.3. The normalized spacial score (nSPS) is 13.6. The van der Waals surface area contributed by atoms with E-state index < -0.39 is 0 Å². The van der Waals surface area contributed by atoms with Crippen LogP contribution in [0.4, 0.5) is 0 Å². The van der Waals surface area contributed by atoms with Crippen molar-refractivity contribution >= 4 is 16.9 Å². The van der Waals surface area contributed by atoms with Crippen LogP contribution in [0.3, 0.4) is 0 Å². The molecule has 1 amide bonds. The van der Waals surface area contributed by atoms with E-state index in [0.29, 0.717) is 5.56 Å². The van der Waals surface area contributed by atoms with E-state index in [1.54, 1.807) is 19.3 Å². The Balaban J connectivity index is 1.91. The van der Waals surface area contributed by atoms with Gasteiger partial charge >= 0.3 is 0 Å². The summed E-state index contributed by atoms with van der Waals surface area (Å²) < 4.78 is 1.43. The summed E-state index contributed by atoms with van der Waals surface area (Å²) in [5.74, 6) is 0.646. The third-order valence-corrected chi connectivity index (χ3v) is 4.57. The maximum absolute atomic E-state index is 12.6. The minimum absolute atomic E-state index is 0.191. The molecule has 0 saturated heterocycles. The monoisotopic (exact) mass is 338 g/mol. The van der Waals surface area contributed by atoms with Gasteiger partial charge in [0.25, 0.3) is 11.5 Å². The molecule has 0 unspecified atom stereocenters. The maximum atomic E-state index is 12.6. The number of benzene rings is 1. The van der Waals surface area contributed by atoms with Crippen molar-refractivity contribution in [1.29, 1.82) is 0 Å². The number of carbonyl (C=O) groups is 1. The number of carbonyl (C=O) groups excluding carboxylic acids is 1. The lowest BCUT2D eigenvalue weighted by Gasteiger charge is -2.22. The van der Waals surface area contributed by atoms with Gasteiger partial charge in [0.05, 0.1) is 17.1 Å². The van der Waals surface area contributed by atoms with Gasteiger partial charge in [0.15, 0.2) is 0 Å². The lowest BCUT2D eigenvalue weighted by atomic mass is 9.98. The van der Waals surface area contributed by atoms with Gasteiger partial charge in [-0.05, 0) is 24.1 Å². The second-order valence-electron chi connectivity index (χ2n) is 6.34. The van der Waals surface area contributed by atoms with Crippen molar-refractivity contribution in [3.63, 3.8) is 0 Å². The van der Waals surface area contributed by atoms with E-state index in [2.05, 4.69) is 29.1 Å². The number of imidazole rings is 1. The summed E-state index contributed by atoms with van der Waals surface area (Å²) in [7, 11) is 1.65. The highest BCUT2D eigenvalue weighted by Crippen LogP contribution is 2.25. The molecule has 0 fully saturated rings. The van der Waals surface area contributed by atoms with E-state index in [1.165, 1.54) is 10.6 Å². The van der Waals surface area contributed by atoms with Crippen LogP contribution in [0.15, 0.2) is 47.4 Å². The molecular formula is C19H22N4O2. The van der Waals surface area contributed by atoms with Gasteiger partial charge in [0.1, 0.15) is 5.82 Å². The van der Waals surface area contributed by atoms with Crippen molar-refractivity contribution in [3.05, 3.63) is 64.3 Å². The highest BCUT2D eigenvalue weighted by Gasteiger charge is 2.24. The molecule has 1 aromatic carbocycles. The van der Waals surface area contributed by atoms with Gasteiger partial charge in [-0.1, -0.05) is 32.4 Å². The third-order valence-electron chi connectivity index (χ3n) is 4.57. The van der Waals surface area contributed by atoms with E-state index in [1.807, 2.05) is 24.3 Å². The van der Waals surface area contributed by atoms with Crippen LogP contribution in [0.2, 0.25) is 0 Å². The summed E-state index contributed by atoms with van der Waals surface area (Å²) in [6.07, 6.45) is 2.48. The fourth-order valence-electron chi connectivity index (χ4n) is 2.75. The van der Waals surface area contributed by atoms with Crippen molar-refractivity contribution in [2.45, 2.75) is 26.3 Å². The summed E-state index contributed by atoms with van der Waals surface area (Å²) in [6.45, 7) is 4.15. The van der Waals surface area contributed by atoms with E-state index in [0.717, 1.165) is 23.3 Å². The van der Waals surface area contributed by atoms with Crippen LogP contribution < -0.4 is 10.9 Å². The Morgan fingerprint density at radius 2 is 2.08 bits per heavy atom. The zero-order chi connectivity index (χ0) is 18.0. The number of hydrogen-bond acceptors (Lipinski definition) is 3. The second kappa shape index (κ2) is 6.93. The zero-order valence-electron chi connectivity index (χ0n) is 14.6. The molecule has 6 nitrogen and oxygen atoms in total. The predicted octanol–water partition coefficient (Wildman–Crippen LogP) is 2.78. The Morgan fingerprint density at radius 3 is 2.76 bits per heavy atom. The highest BCUT2D eigenvalue weighted by molar-refractivity contribution is 5.94. The van der Waals surface area contributed by atoms with Crippen LogP contribution in [0.5, 0.6) is 0 Å². The van der Waals surface area contributed by atoms with Crippen molar-refractivity contribution in [1.82, 2.24) is 19.9 Å². The number of pyridine rings is 1. The first-order valence-corrected chi connectivity index (χ1v) is 8.41. The smallest absolute Gasteiger partial charge is 0.252 e. The maximum Gasteiger partial charge on any atom is 0.252 e. The number of nitrogens with one attached hydrogen (secondary N) is 2. The Hall–Kier alpha value is -2.89. The molecule has 0 aliphatic carbocycles. The van der Waals surface area contributed by atoms with Gasteiger partial charge in [-0.15, -0.1) is 0 Å². The van der Waals surface area contributed by atoms with Gasteiger partial charge < -0.3 is 14.9 Å². The number of hydrogen-bond donors (Lipinski definition) is 2. The number of amides is 1. The quantitative estimate of drug-likeness (QED) is 0.751. The molecule has 2 heterocycles. The molecule has 25 heavy (non-hydrogen) atoms. The number of para-hydroxylation sites is 2. The largest absolute Gasteiger partial charge is 0.342 e. The molecule has 3 aromatic rings. The topological polar surface area (TPSA) is 79.8 Å². The zero-order valence-corrected chi connectivity index (χ0v) is 14.6. The second-order valence-corrected chi connectivity index (χ2v) is 6.34. The van der Waals surface area contributed by atoms with Crippen molar-refractivity contribution in [2.75, 3.05) is 0 Å². The van der Waals surface area contributed by atoms with E-state index in [4.69, 9.17) is 0 Å². The Kier molecular flexibility index (Phi) is 4.70. The number of rotatable bonds is 5. The Labute approximate surface area is 145 Å². The first-order chi connectivity index (χ1) is 12.0. The van der Waals surface area contributed by atoms with Gasteiger partial charge in [-0.25, -0.2) is 4.98 Å². The minimum Gasteiger partial charge on any atom is -0.342 e. The first-order valence-electron chi connectivity index (χ1n) is 8.41. The molecule has 2 N–H and O–H groups in total. The molecule has 6 heteroatoms. The Morgan fingerprint density at radius 1 is 1.32 bits per heavy atom. The molecule has 2 atom stereocenters. The fraction of sp³-hybridized carbons (Fsp3) is 0.316. The molecule has 0 spiro atoms. The summed E-state index contributed by atoms with van der Waals surface area (Å²) in [5.41, 5.74) is 1.95. The predicted molar refractivity (Wildman–Crippen MR) is 97.4 cm³/mol. The third kappa shape index (κ3) is 3.47. The summed E-state index contributed by atoms with van der Waals surface area (Å²) in [6, 6.07) is 10.5. The van der Waals surface area contributed by atoms with Crippen LogP contribution >= 0.6 is 0 Å². The van der Waals surface area contributed by atoms with Crippen LogP contribution in [0.1, 0.15) is 42.5 Å². The molecule has 3 rings (SSSR count). The summed E-state index contributed by atoms with van der Waals surface area (Å²) >= 11 is 0. The molecule has 0 bridgehead atoms. The fourth-order valence-corrected chi connectivity index (χ4v) is 2.75. The minimum atomic E-state index is -0.275. The lowest BCUT2D eigenvalue weighted by molar-refractivity contribution is 0.0920. The lowest BCUT2D eigenvalue weighted by Crippen LogP contribution is -2.34. The molecular weight excluding hydrogens is 316 g/mol. The summed E-state index contributed by atoms with van der Waals surface area (Å²) in [5, 5.41) is 3.03. The van der Waals surface area contributed by atoms with Crippen LogP contribution in [-0.2, 0) is 7.05 Å². The molecule has 2 aromatic heterocycles. The van der Waals surface area contributed by atoms with E-state index >= 15 is 0 Å². The number of aromatic amines is 1. The first kappa shape index (κ1) is 17.0. The highest BCUT2D eigenvalue weighted by atomic mass is 16.2. The average molecular weight is 338 g/mol. The van der Waals surface area contributed by atoms with Gasteiger partial charge in [0.2, 0.25) is 0 Å². The van der Waals surface area contributed by atoms with Crippen LogP contribution in [0, 0.1) is 5.92 Å². The van der Waals surface area contributed by atoms with E-state index in [9.17, 15) is 9.59 Å². The number of aryl methyl sites for hydroxylation is 1. The van der Waals surface area contributed by atoms with Crippen molar-refractivity contribution in [2.24, 2.45) is 13.0 Å². The van der Waals surface area contributed by atoms with Gasteiger partial charge in [-0.2, -0.15) is 0 Å². The number of fused-ring (bicyclic) bond motifs is 1. The van der Waals surface area contributed by atoms with Crippen LogP contribution in [-0.4, -0.2) is 20.4 Å².